The van der Waals surface area contributed by atoms with Crippen molar-refractivity contribution in [1.29, 1.82) is 5.26 Å². The third-order valence-electron chi connectivity index (χ3n) is 5.07. The fourth-order valence-corrected chi connectivity index (χ4v) is 7.32. The molecule has 1 atom stereocenters. The zero-order valence-electron chi connectivity index (χ0n) is 16.8. The Labute approximate surface area is 191 Å². The molecule has 0 spiro atoms. The van der Waals surface area contributed by atoms with Crippen LogP contribution < -0.4 is 0 Å². The first-order valence-electron chi connectivity index (χ1n) is 9.97. The van der Waals surface area contributed by atoms with Crippen LogP contribution in [0, 0.1) is 11.3 Å². The van der Waals surface area contributed by atoms with Gasteiger partial charge < -0.3 is 4.74 Å². The summed E-state index contributed by atoms with van der Waals surface area (Å²) < 4.78 is 35.1. The molecule has 0 bridgehead atoms. The quantitative estimate of drug-likeness (QED) is 0.456. The number of thiophene rings is 1. The Balaban J connectivity index is 1.44. The summed E-state index contributed by atoms with van der Waals surface area (Å²) in [6.07, 6.45) is 1.63. The Morgan fingerprint density at radius 1 is 1.13 bits per heavy atom. The van der Waals surface area contributed by atoms with Gasteiger partial charge in [-0.15, -0.1) is 11.3 Å². The Bertz CT molecular complexity index is 1170. The van der Waals surface area contributed by atoms with Gasteiger partial charge in [0.25, 0.3) is 0 Å². The van der Waals surface area contributed by atoms with Crippen molar-refractivity contribution >= 4 is 33.1 Å². The maximum atomic E-state index is 13.4. The molecule has 1 aliphatic rings. The Hall–Kier alpha value is -2.15. The SMILES string of the molecule is N#Cc1ccc(Sc2cccc(S(=O)(=O)N3CCCC3COCc3ccccc3)c2)s1. The first-order valence-corrected chi connectivity index (χ1v) is 13.0. The fraction of sp³-hybridized carbons (Fsp3) is 0.261. The van der Waals surface area contributed by atoms with Crippen LogP contribution in [-0.2, 0) is 21.4 Å². The van der Waals surface area contributed by atoms with E-state index in [0.717, 1.165) is 27.5 Å². The molecule has 160 valence electrons. The van der Waals surface area contributed by atoms with E-state index in [-0.39, 0.29) is 6.04 Å². The molecule has 1 aromatic heterocycles. The van der Waals surface area contributed by atoms with Gasteiger partial charge in [0.2, 0.25) is 10.0 Å². The summed E-state index contributed by atoms with van der Waals surface area (Å²) in [7, 11) is -3.61. The zero-order valence-corrected chi connectivity index (χ0v) is 19.3. The second-order valence-corrected chi connectivity index (χ2v) is 11.6. The van der Waals surface area contributed by atoms with E-state index < -0.39 is 10.0 Å². The minimum absolute atomic E-state index is 0.152. The number of nitriles is 1. The van der Waals surface area contributed by atoms with Crippen LogP contribution in [0.25, 0.3) is 0 Å². The minimum Gasteiger partial charge on any atom is -0.375 e. The highest BCUT2D eigenvalue weighted by Gasteiger charge is 2.35. The third kappa shape index (κ3) is 5.37. The van der Waals surface area contributed by atoms with Crippen molar-refractivity contribution in [2.24, 2.45) is 0 Å². The average molecular weight is 471 g/mol. The van der Waals surface area contributed by atoms with Crippen LogP contribution in [-0.4, -0.2) is 31.9 Å². The van der Waals surface area contributed by atoms with Crippen LogP contribution in [0.2, 0.25) is 0 Å². The molecule has 8 heteroatoms. The first kappa shape index (κ1) is 22.1. The molecule has 3 aromatic rings. The van der Waals surface area contributed by atoms with Gasteiger partial charge in [-0.25, -0.2) is 8.42 Å². The van der Waals surface area contributed by atoms with Crippen molar-refractivity contribution in [3.05, 3.63) is 77.2 Å². The van der Waals surface area contributed by atoms with E-state index in [1.807, 2.05) is 42.5 Å². The Morgan fingerprint density at radius 2 is 1.97 bits per heavy atom. The molecule has 1 fully saturated rings. The van der Waals surface area contributed by atoms with Crippen LogP contribution in [0.3, 0.4) is 0 Å². The number of hydrogen-bond donors (Lipinski definition) is 0. The second kappa shape index (κ2) is 9.98. The van der Waals surface area contributed by atoms with Crippen LogP contribution in [0.1, 0.15) is 23.3 Å². The predicted octanol–water partition coefficient (Wildman–Crippen LogP) is 5.14. The molecule has 2 heterocycles. The Kier molecular flexibility index (Phi) is 7.10. The van der Waals surface area contributed by atoms with Gasteiger partial charge in [-0.1, -0.05) is 48.2 Å². The van der Waals surface area contributed by atoms with Gasteiger partial charge in [-0.3, -0.25) is 0 Å². The number of nitrogens with zero attached hydrogens (tertiary/aromatic N) is 2. The number of rotatable bonds is 8. The van der Waals surface area contributed by atoms with Crippen LogP contribution in [0.4, 0.5) is 0 Å². The lowest BCUT2D eigenvalue weighted by molar-refractivity contribution is 0.0873. The number of ether oxygens (including phenoxy) is 1. The van der Waals surface area contributed by atoms with Crippen LogP contribution in [0.5, 0.6) is 0 Å². The minimum atomic E-state index is -3.61. The molecular formula is C23H22N2O3S3. The van der Waals surface area contributed by atoms with Gasteiger partial charge >= 0.3 is 0 Å². The monoisotopic (exact) mass is 470 g/mol. The van der Waals surface area contributed by atoms with Gasteiger partial charge in [0.15, 0.2) is 0 Å². The molecule has 1 aliphatic heterocycles. The summed E-state index contributed by atoms with van der Waals surface area (Å²) in [6.45, 7) is 1.37. The highest BCUT2D eigenvalue weighted by Crippen LogP contribution is 2.35. The van der Waals surface area contributed by atoms with Gasteiger partial charge in [0, 0.05) is 17.5 Å². The van der Waals surface area contributed by atoms with Crippen molar-refractivity contribution in [3.8, 4) is 6.07 Å². The van der Waals surface area contributed by atoms with Crippen molar-refractivity contribution in [2.45, 2.75) is 39.5 Å². The molecule has 0 aliphatic carbocycles. The molecule has 0 saturated carbocycles. The second-order valence-electron chi connectivity index (χ2n) is 7.22. The highest BCUT2D eigenvalue weighted by atomic mass is 32.2. The molecule has 0 N–H and O–H groups in total. The highest BCUT2D eigenvalue weighted by molar-refractivity contribution is 8.01. The number of hydrogen-bond acceptors (Lipinski definition) is 6. The molecule has 1 saturated heterocycles. The van der Waals surface area contributed by atoms with Gasteiger partial charge in [0.05, 0.1) is 22.3 Å². The van der Waals surface area contributed by atoms with Crippen molar-refractivity contribution in [2.75, 3.05) is 13.2 Å². The van der Waals surface area contributed by atoms with Gasteiger partial charge in [0.1, 0.15) is 10.9 Å². The van der Waals surface area contributed by atoms with Crippen LogP contribution in [0.15, 0.2) is 80.7 Å². The summed E-state index contributed by atoms with van der Waals surface area (Å²) in [4.78, 5) is 1.77. The van der Waals surface area contributed by atoms with E-state index in [4.69, 9.17) is 10.00 Å². The summed E-state index contributed by atoms with van der Waals surface area (Å²) in [5, 5.41) is 9.00. The smallest absolute Gasteiger partial charge is 0.243 e. The van der Waals surface area contributed by atoms with E-state index in [9.17, 15) is 8.42 Å². The van der Waals surface area contributed by atoms with Crippen molar-refractivity contribution in [1.82, 2.24) is 4.31 Å². The lowest BCUT2D eigenvalue weighted by Crippen LogP contribution is -2.38. The summed E-state index contributed by atoms with van der Waals surface area (Å²) in [5.41, 5.74) is 1.08. The fourth-order valence-electron chi connectivity index (χ4n) is 3.56. The lowest BCUT2D eigenvalue weighted by atomic mass is 10.2. The lowest BCUT2D eigenvalue weighted by Gasteiger charge is -2.24. The van der Waals surface area contributed by atoms with E-state index in [1.165, 1.54) is 23.1 Å². The number of sulfonamides is 1. The molecular weight excluding hydrogens is 448 g/mol. The third-order valence-corrected chi connectivity index (χ3v) is 9.13. The van der Waals surface area contributed by atoms with Gasteiger partial charge in [-0.2, -0.15) is 9.57 Å². The molecule has 0 radical (unpaired) electrons. The van der Waals surface area contributed by atoms with Crippen molar-refractivity contribution in [3.63, 3.8) is 0 Å². The first-order chi connectivity index (χ1) is 15.1. The predicted molar refractivity (Wildman–Crippen MR) is 123 cm³/mol. The van der Waals surface area contributed by atoms with E-state index in [1.54, 1.807) is 28.6 Å². The molecule has 5 nitrogen and oxygen atoms in total. The molecule has 4 rings (SSSR count). The average Bonchev–Trinajstić information content (AvgIpc) is 3.44. The maximum Gasteiger partial charge on any atom is 0.243 e. The van der Waals surface area contributed by atoms with Crippen molar-refractivity contribution < 1.29 is 13.2 Å². The molecule has 0 amide bonds. The summed E-state index contributed by atoms with van der Waals surface area (Å²) in [6, 6.07) is 22.5. The molecule has 2 aromatic carbocycles. The summed E-state index contributed by atoms with van der Waals surface area (Å²) in [5.74, 6) is 0. The Morgan fingerprint density at radius 3 is 2.74 bits per heavy atom. The standard InChI is InChI=1S/C23H22N2O3S3/c24-15-21-11-12-23(30-21)29-20-9-4-10-22(14-20)31(26,27)25-13-5-8-19(25)17-28-16-18-6-2-1-3-7-18/h1-4,6-7,9-12,14,19H,5,8,13,16-17H2. The zero-order chi connectivity index (χ0) is 21.7. The summed E-state index contributed by atoms with van der Waals surface area (Å²) >= 11 is 2.87. The topological polar surface area (TPSA) is 70.4 Å². The maximum absolute atomic E-state index is 13.4. The molecule has 31 heavy (non-hydrogen) atoms. The van der Waals surface area contributed by atoms with Gasteiger partial charge in [-0.05, 0) is 48.7 Å². The van der Waals surface area contributed by atoms with E-state index >= 15 is 0 Å². The number of benzene rings is 2. The van der Waals surface area contributed by atoms with E-state index in [2.05, 4.69) is 6.07 Å². The largest absolute Gasteiger partial charge is 0.375 e. The molecule has 1 unspecified atom stereocenters. The van der Waals surface area contributed by atoms with E-state index in [0.29, 0.717) is 29.5 Å². The normalized spacial score (nSPS) is 16.9. The van der Waals surface area contributed by atoms with Crippen LogP contribution >= 0.6 is 23.1 Å².